The van der Waals surface area contributed by atoms with Crippen molar-refractivity contribution < 1.29 is 0 Å². The maximum absolute atomic E-state index is 4.53. The molecule has 2 heterocycles. The zero-order valence-electron chi connectivity index (χ0n) is 10.1. The molecule has 0 bridgehead atoms. The molecular formula is C13H18N3S+. The lowest BCUT2D eigenvalue weighted by molar-refractivity contribution is 0.454. The van der Waals surface area contributed by atoms with Crippen LogP contribution in [0.25, 0.3) is 10.2 Å². The Morgan fingerprint density at radius 2 is 2.06 bits per heavy atom. The van der Waals surface area contributed by atoms with Gasteiger partial charge in [0.1, 0.15) is 5.52 Å². The van der Waals surface area contributed by atoms with E-state index in [4.69, 9.17) is 0 Å². The summed E-state index contributed by atoms with van der Waals surface area (Å²) in [6.07, 6.45) is 2.49. The van der Waals surface area contributed by atoms with Gasteiger partial charge in [-0.2, -0.15) is 4.98 Å². The molecule has 1 aromatic heterocycles. The number of fused-ring (bicyclic) bond motifs is 1. The smallest absolute Gasteiger partial charge is 0.252 e. The summed E-state index contributed by atoms with van der Waals surface area (Å²) in [5, 5.41) is 3.42. The number of nitrogens with zero attached hydrogens (tertiary/aromatic N) is 2. The van der Waals surface area contributed by atoms with Crippen LogP contribution in [0.2, 0.25) is 0 Å². The van der Waals surface area contributed by atoms with Gasteiger partial charge >= 0.3 is 0 Å². The van der Waals surface area contributed by atoms with Crippen molar-refractivity contribution >= 4 is 20.9 Å². The standard InChI is InChI=1S/C13H18N3S/c1-16(11-6-8-14-9-7-11)17-10-15-12-4-2-3-5-13(12)17/h2-5,10-11,14H,6-9H2,1H3/q+1. The summed E-state index contributed by atoms with van der Waals surface area (Å²) in [4.78, 5) is 4.53. The molecule has 0 aliphatic carbocycles. The van der Waals surface area contributed by atoms with Crippen LogP contribution in [0.1, 0.15) is 12.8 Å². The molecule has 1 atom stereocenters. The van der Waals surface area contributed by atoms with Crippen LogP contribution in [-0.4, -0.2) is 31.2 Å². The second-order valence-corrected chi connectivity index (χ2v) is 6.40. The summed E-state index contributed by atoms with van der Waals surface area (Å²) in [5.41, 5.74) is 3.27. The lowest BCUT2D eigenvalue weighted by Gasteiger charge is -2.25. The van der Waals surface area contributed by atoms with Crippen molar-refractivity contribution in [2.45, 2.75) is 18.9 Å². The first kappa shape index (κ1) is 11.1. The summed E-state index contributed by atoms with van der Waals surface area (Å²) in [5.74, 6) is 0. The van der Waals surface area contributed by atoms with E-state index in [9.17, 15) is 0 Å². The molecule has 90 valence electrons. The Balaban J connectivity index is 1.92. The first-order valence-electron chi connectivity index (χ1n) is 6.16. The van der Waals surface area contributed by atoms with E-state index in [1.807, 2.05) is 0 Å². The van der Waals surface area contributed by atoms with Crippen LogP contribution in [-0.2, 0) is 0 Å². The third-order valence-electron chi connectivity index (χ3n) is 3.52. The van der Waals surface area contributed by atoms with Gasteiger partial charge in [0.15, 0.2) is 0 Å². The third-order valence-corrected chi connectivity index (χ3v) is 5.53. The Morgan fingerprint density at radius 3 is 2.88 bits per heavy atom. The molecule has 0 spiro atoms. The maximum atomic E-state index is 4.53. The Labute approximate surface area is 105 Å². The van der Waals surface area contributed by atoms with E-state index in [0.29, 0.717) is 6.04 Å². The first-order valence-corrected chi connectivity index (χ1v) is 7.41. The number of piperidine rings is 1. The van der Waals surface area contributed by atoms with E-state index in [2.05, 4.69) is 51.4 Å². The van der Waals surface area contributed by atoms with Crippen LogP contribution in [0, 0.1) is 0 Å². The second-order valence-electron chi connectivity index (χ2n) is 4.54. The second kappa shape index (κ2) is 4.72. The topological polar surface area (TPSA) is 28.2 Å². The highest BCUT2D eigenvalue weighted by Crippen LogP contribution is 2.32. The van der Waals surface area contributed by atoms with E-state index >= 15 is 0 Å². The van der Waals surface area contributed by atoms with Crippen LogP contribution >= 0.6 is 10.7 Å². The molecule has 1 aliphatic heterocycles. The Bertz CT molecular complexity index is 502. The number of para-hydroxylation sites is 1. The van der Waals surface area contributed by atoms with E-state index in [1.54, 1.807) is 0 Å². The van der Waals surface area contributed by atoms with Crippen LogP contribution in [0.15, 0.2) is 29.8 Å². The van der Waals surface area contributed by atoms with Crippen molar-refractivity contribution in [2.75, 3.05) is 24.4 Å². The molecule has 0 radical (unpaired) electrons. The van der Waals surface area contributed by atoms with Gasteiger partial charge in [-0.05, 0) is 32.0 Å². The van der Waals surface area contributed by atoms with Crippen molar-refractivity contribution in [3.05, 3.63) is 29.8 Å². The molecule has 3 nitrogen and oxygen atoms in total. The molecule has 1 aliphatic rings. The summed E-state index contributed by atoms with van der Waals surface area (Å²) in [6, 6.07) is 9.19. The molecule has 1 N–H and O–H groups in total. The van der Waals surface area contributed by atoms with Gasteiger partial charge in [0.25, 0.3) is 5.51 Å². The Hall–Kier alpha value is -0.970. The monoisotopic (exact) mass is 248 g/mol. The van der Waals surface area contributed by atoms with Gasteiger partial charge in [0, 0.05) is 13.1 Å². The number of hydrogen-bond donors (Lipinski definition) is 1. The lowest BCUT2D eigenvalue weighted by atomic mass is 10.1. The number of hydrogen-bond acceptors (Lipinski definition) is 3. The molecule has 2 aromatic rings. The molecule has 3 rings (SSSR count). The molecule has 4 heteroatoms. The largest absolute Gasteiger partial charge is 0.317 e. The minimum atomic E-state index is 0.0694. The fraction of sp³-hybridized carbons (Fsp3) is 0.462. The number of benzene rings is 1. The summed E-state index contributed by atoms with van der Waals surface area (Å²) >= 11 is 0. The summed E-state index contributed by atoms with van der Waals surface area (Å²) in [7, 11) is 2.31. The third kappa shape index (κ3) is 2.08. The highest BCUT2D eigenvalue weighted by molar-refractivity contribution is 7.37. The molecule has 17 heavy (non-hydrogen) atoms. The zero-order chi connectivity index (χ0) is 11.7. The van der Waals surface area contributed by atoms with Crippen molar-refractivity contribution in [2.24, 2.45) is 0 Å². The summed E-state index contributed by atoms with van der Waals surface area (Å²) in [6.45, 7) is 2.29. The molecule has 1 fully saturated rings. The highest BCUT2D eigenvalue weighted by atomic mass is 32.2. The number of aromatic nitrogens is 1. The van der Waals surface area contributed by atoms with Crippen LogP contribution in [0.4, 0.5) is 0 Å². The van der Waals surface area contributed by atoms with Crippen molar-refractivity contribution in [1.82, 2.24) is 10.3 Å². The predicted octanol–water partition coefficient (Wildman–Crippen LogP) is 2.30. The lowest BCUT2D eigenvalue weighted by Crippen LogP contribution is -2.40. The van der Waals surface area contributed by atoms with Crippen LogP contribution in [0.5, 0.6) is 0 Å². The molecular weight excluding hydrogens is 230 g/mol. The number of nitrogens with one attached hydrogen (secondary N) is 1. The average Bonchev–Trinajstić information content (AvgIpc) is 2.83. The van der Waals surface area contributed by atoms with E-state index in [1.165, 1.54) is 17.5 Å². The van der Waals surface area contributed by atoms with E-state index in [0.717, 1.165) is 18.6 Å². The SMILES string of the molecule is CN(C1CCNCC1)[s+]1cnc2ccccc21. The molecule has 1 saturated heterocycles. The van der Waals surface area contributed by atoms with Gasteiger partial charge in [-0.15, -0.1) is 4.31 Å². The minimum Gasteiger partial charge on any atom is -0.317 e. The molecule has 1 aromatic carbocycles. The van der Waals surface area contributed by atoms with E-state index in [-0.39, 0.29) is 10.7 Å². The van der Waals surface area contributed by atoms with Gasteiger partial charge in [-0.25, -0.2) is 0 Å². The van der Waals surface area contributed by atoms with Crippen molar-refractivity contribution in [3.8, 4) is 0 Å². The fourth-order valence-electron chi connectivity index (χ4n) is 2.46. The summed E-state index contributed by atoms with van der Waals surface area (Å²) < 4.78 is 3.89. The fourth-order valence-corrected chi connectivity index (χ4v) is 4.34. The average molecular weight is 248 g/mol. The van der Waals surface area contributed by atoms with Gasteiger partial charge in [-0.1, -0.05) is 12.1 Å². The highest BCUT2D eigenvalue weighted by Gasteiger charge is 2.28. The van der Waals surface area contributed by atoms with Gasteiger partial charge < -0.3 is 5.32 Å². The molecule has 1 unspecified atom stereocenters. The predicted molar refractivity (Wildman–Crippen MR) is 74.3 cm³/mol. The van der Waals surface area contributed by atoms with Crippen LogP contribution < -0.4 is 9.62 Å². The number of rotatable bonds is 2. The van der Waals surface area contributed by atoms with Crippen molar-refractivity contribution in [3.63, 3.8) is 0 Å². The van der Waals surface area contributed by atoms with Gasteiger partial charge in [-0.3, -0.25) is 0 Å². The first-order chi connectivity index (χ1) is 8.36. The maximum Gasteiger partial charge on any atom is 0.252 e. The number of thiazole rings is 1. The van der Waals surface area contributed by atoms with Crippen molar-refractivity contribution in [1.29, 1.82) is 0 Å². The normalized spacial score (nSPS) is 19.1. The zero-order valence-corrected chi connectivity index (χ0v) is 10.9. The molecule has 0 saturated carbocycles. The molecule has 0 amide bonds. The Kier molecular flexibility index (Phi) is 3.09. The van der Waals surface area contributed by atoms with Gasteiger partial charge in [0.05, 0.1) is 16.7 Å². The Morgan fingerprint density at radius 1 is 1.29 bits per heavy atom. The quantitative estimate of drug-likeness (QED) is 0.827. The minimum absolute atomic E-state index is 0.0694. The van der Waals surface area contributed by atoms with E-state index < -0.39 is 0 Å². The van der Waals surface area contributed by atoms with Gasteiger partial charge in [0.2, 0.25) is 4.70 Å². The van der Waals surface area contributed by atoms with Crippen LogP contribution in [0.3, 0.4) is 0 Å².